The Kier molecular flexibility index (Phi) is 25.8. The normalized spacial score (nSPS) is 28.6. The van der Waals surface area contributed by atoms with Gasteiger partial charge in [0, 0.05) is 41.1 Å². The maximum absolute atomic E-state index is 13.6. The molecule has 8 aliphatic carbocycles. The molecular formula is C97H106Cl2N6O16. The number of benzene rings is 5. The lowest BCUT2D eigenvalue weighted by molar-refractivity contribution is -0.177. The summed E-state index contributed by atoms with van der Waals surface area (Å²) in [7, 11) is 0. The van der Waals surface area contributed by atoms with E-state index in [9.17, 15) is 59.4 Å². The predicted octanol–water partition coefficient (Wildman–Crippen LogP) is 17.6. The van der Waals surface area contributed by atoms with Gasteiger partial charge in [-0.3, -0.25) is 19.0 Å². The molecule has 4 aromatic heterocycles. The quantitative estimate of drug-likeness (QED) is 0.0161. The standard InChI is InChI=1S/C27H30Cl2O6.C27H40O3.C24H20N6O3.C19H16O4/c1-15-11-19-18-7-6-16-12-17(30)8-9-24(16,2)26(18,29)21(31)13-25(19,3)27(15,22(32)14-28)35-23(33)20-5-4-10-34-20;1-17(6-13-25(29)20-8-9-20)23-11-12-24-19(5-4-14-27(23,24)3)7-10-21-15-22(28)16-26(30)18(21)2;1-2-33-24-25-20-9-5-8-19(23(31)32)21(20)30(24)14-15-10-12-16(13-11-15)17-6-3-4-7-18(17)22-26-28-29-27-22;1-12(20)11-15(13-7-3-2-4-8-13)17-18(21)14-9-5-6-10-16(14)23-19(17)22/h4-5,8-10,12,15,18-19,21,31H,6-7,11,13-14H2,1-3H3;6-7,10,13,17,20,22-26,28-30H,2,4-5,8-9,11-12,14-16H2,1,3H3;3-13H,2,14H2,1H3,(H,31,32)(H,26,27,28,29);2-10,15,21H,11H2,1H3/b;13-6+,19-7+,21-10-;;/t15-,18+,19+,21+,24+,25+,26+,27+;17-,22-,23-,24+,25-,26+,27-;;/m11../s1. The number of imidazole rings is 1. The van der Waals surface area contributed by atoms with Crippen molar-refractivity contribution in [3.63, 3.8) is 0 Å². The number of carboxylic acids is 1. The number of carbonyl (C=O) groups excluding carboxylic acids is 4. The zero-order valence-corrected chi connectivity index (χ0v) is 70.7. The van der Waals surface area contributed by atoms with Gasteiger partial charge in [0.25, 0.3) is 6.01 Å². The molecule has 0 aliphatic heterocycles. The smallest absolute Gasteiger partial charge is 0.375 e. The second-order valence-electron chi connectivity index (χ2n) is 34.7. The summed E-state index contributed by atoms with van der Waals surface area (Å²) in [5, 5.41) is 77.2. The number of halogens is 2. The van der Waals surface area contributed by atoms with Gasteiger partial charge in [0.05, 0.1) is 82.1 Å². The number of H-pyrrole nitrogens is 1. The Hall–Kier alpha value is -10.5. The molecule has 634 valence electrons. The van der Waals surface area contributed by atoms with Crippen molar-refractivity contribution in [3.05, 3.63) is 250 Å². The topological polar surface area (TPSA) is 341 Å². The van der Waals surface area contributed by atoms with Crippen molar-refractivity contribution >= 4 is 74.5 Å². The van der Waals surface area contributed by atoms with Gasteiger partial charge in [-0.25, -0.2) is 14.4 Å². The van der Waals surface area contributed by atoms with E-state index in [2.05, 4.69) is 70.3 Å². The molecule has 9 aromatic rings. The lowest BCUT2D eigenvalue weighted by Gasteiger charge is -2.64. The molecule has 17 rings (SSSR count). The maximum atomic E-state index is 13.6. The number of furan rings is 1. The minimum Gasteiger partial charge on any atom is -0.507 e. The fourth-order valence-electron chi connectivity index (χ4n) is 21.4. The molecule has 0 radical (unpaired) electrons. The van der Waals surface area contributed by atoms with E-state index in [1.54, 1.807) is 54.6 Å². The number of allylic oxidation sites excluding steroid dienone is 8. The molecule has 4 heterocycles. The van der Waals surface area contributed by atoms with Gasteiger partial charge in [-0.2, -0.15) is 10.2 Å². The van der Waals surface area contributed by atoms with E-state index >= 15 is 0 Å². The number of para-hydroxylation sites is 2. The molecule has 7 fully saturated rings. The Morgan fingerprint density at radius 1 is 0.843 bits per heavy atom. The first-order valence-corrected chi connectivity index (χ1v) is 42.9. The van der Waals surface area contributed by atoms with Crippen LogP contribution in [0.5, 0.6) is 11.8 Å². The van der Waals surface area contributed by atoms with E-state index in [0.29, 0.717) is 108 Å². The number of ketones is 3. The van der Waals surface area contributed by atoms with E-state index in [1.165, 1.54) is 69.4 Å². The van der Waals surface area contributed by atoms with Crippen LogP contribution in [0.4, 0.5) is 0 Å². The first-order chi connectivity index (χ1) is 58.0. The van der Waals surface area contributed by atoms with E-state index in [-0.39, 0.29) is 82.6 Å². The summed E-state index contributed by atoms with van der Waals surface area (Å²) in [4.78, 5) is 78.1. The van der Waals surface area contributed by atoms with Crippen LogP contribution in [0.25, 0.3) is 44.5 Å². The van der Waals surface area contributed by atoms with Gasteiger partial charge in [-0.15, -0.1) is 33.4 Å². The summed E-state index contributed by atoms with van der Waals surface area (Å²) < 4.78 is 24.2. The molecule has 5 aromatic carbocycles. The van der Waals surface area contributed by atoms with Crippen LogP contribution in [0.15, 0.2) is 225 Å². The number of fused-ring (bicyclic) bond motifs is 8. The van der Waals surface area contributed by atoms with Crippen LogP contribution >= 0.6 is 23.2 Å². The third-order valence-corrected chi connectivity index (χ3v) is 28.7. The number of aromatic hydroxyl groups is 1. The van der Waals surface area contributed by atoms with Gasteiger partial charge in [0.15, 0.2) is 17.2 Å². The second kappa shape index (κ2) is 35.9. The Morgan fingerprint density at radius 3 is 2.27 bits per heavy atom. The van der Waals surface area contributed by atoms with Crippen molar-refractivity contribution in [3.8, 4) is 34.3 Å². The average molecular weight is 1680 g/mol. The Morgan fingerprint density at radius 2 is 1.58 bits per heavy atom. The Labute approximate surface area is 713 Å². The SMILES string of the molecule is C=C1/C(=C\C=C2/CCC[C@]3(C)[C@@H]([C@H](C)/C=C/[C@@H](O)C4CC4)CC[C@@H]23)C[C@@H](O)C[C@@H]1O.CC(=O)CC(c1ccccc1)c1c(O)c2ccccc2oc1=O.CCOc1nc2cccc(C(=O)O)c2n1Cc1ccc(-c2ccccc2-c2nn[nH]n2)cc1.C[C@@H]1C[C@H]2[C@@H]3CCC4=CC(=O)C=C[C@]4(C)[C@@]3(Cl)[C@@H](O)C[C@]2(C)[C@@]1(OC(=O)c1ccco1)C(=O)CCl. The third kappa shape index (κ3) is 16.8. The number of aromatic amines is 1. The molecule has 121 heavy (non-hydrogen) atoms. The first kappa shape index (κ1) is 86.9. The lowest BCUT2D eigenvalue weighted by atomic mass is 9.45. The molecule has 22 nitrogen and oxygen atoms in total. The fourth-order valence-corrected chi connectivity index (χ4v) is 22.2. The fraction of sp³-hybridized carbons (Fsp3) is 0.423. The maximum Gasteiger partial charge on any atom is 0.375 e. The summed E-state index contributed by atoms with van der Waals surface area (Å²) in [5.41, 5.74) is 7.24. The molecule has 0 spiro atoms. The summed E-state index contributed by atoms with van der Waals surface area (Å²) in [5.74, 6) is -1.03. The van der Waals surface area contributed by atoms with Gasteiger partial charge >= 0.3 is 17.6 Å². The number of alkyl halides is 2. The minimum atomic E-state index is -1.53. The highest BCUT2D eigenvalue weighted by atomic mass is 35.5. The molecule has 0 amide bonds. The summed E-state index contributed by atoms with van der Waals surface area (Å²) in [6, 6.07) is 40.4. The highest BCUT2D eigenvalue weighted by Gasteiger charge is 2.76. The molecule has 16 atom stereocenters. The van der Waals surface area contributed by atoms with Crippen LogP contribution in [-0.4, -0.2) is 137 Å². The number of tetrazole rings is 1. The number of aliphatic hydroxyl groups excluding tert-OH is 4. The zero-order valence-electron chi connectivity index (χ0n) is 69.2. The lowest BCUT2D eigenvalue weighted by Crippen LogP contribution is -2.69. The number of carboxylic acid groups (broad SMARTS) is 1. The van der Waals surface area contributed by atoms with E-state index in [0.717, 1.165) is 51.0 Å². The number of esters is 1. The molecule has 1 unspecified atom stereocenters. The number of carbonyl (C=O) groups is 5. The number of hydrogen-bond acceptors (Lipinski definition) is 19. The molecule has 8 aliphatic rings. The van der Waals surface area contributed by atoms with Crippen molar-refractivity contribution in [1.29, 1.82) is 0 Å². The number of nitrogens with zero attached hydrogens (tertiary/aromatic N) is 5. The molecule has 0 saturated heterocycles. The number of rotatable bonds is 20. The predicted molar refractivity (Wildman–Crippen MR) is 462 cm³/mol. The van der Waals surface area contributed by atoms with Crippen molar-refractivity contribution in [2.75, 3.05) is 12.5 Å². The summed E-state index contributed by atoms with van der Waals surface area (Å²) in [6.07, 6.45) is 24.5. The van der Waals surface area contributed by atoms with Crippen molar-refractivity contribution < 1.29 is 72.9 Å². The van der Waals surface area contributed by atoms with Gasteiger partial charge in [0.1, 0.15) is 17.1 Å². The second-order valence-corrected chi connectivity index (χ2v) is 35.6. The number of aromatic nitrogens is 6. The highest BCUT2D eigenvalue weighted by Crippen LogP contribution is 2.72. The van der Waals surface area contributed by atoms with Gasteiger partial charge < -0.3 is 48.9 Å². The van der Waals surface area contributed by atoms with Crippen molar-refractivity contribution in [1.82, 2.24) is 30.2 Å². The van der Waals surface area contributed by atoms with Crippen LogP contribution in [0, 0.1) is 57.7 Å². The third-order valence-electron chi connectivity index (χ3n) is 27.6. The largest absolute Gasteiger partial charge is 0.507 e. The average Bonchev–Trinajstić information content (AvgIpc) is 1.66. The van der Waals surface area contributed by atoms with Crippen LogP contribution in [-0.2, 0) is 25.7 Å². The minimum absolute atomic E-state index is 0.00557. The van der Waals surface area contributed by atoms with Crippen LogP contribution in [0.2, 0.25) is 0 Å². The molecular weight excluding hydrogens is 1580 g/mol. The molecule has 7 saturated carbocycles. The van der Waals surface area contributed by atoms with E-state index < -0.39 is 63.1 Å². The van der Waals surface area contributed by atoms with Crippen LogP contribution in [0.1, 0.15) is 182 Å². The van der Waals surface area contributed by atoms with Crippen molar-refractivity contribution in [2.45, 2.75) is 186 Å². The number of hydrogen-bond donors (Lipinski definition) is 7. The van der Waals surface area contributed by atoms with Gasteiger partial charge in [0.2, 0.25) is 11.6 Å². The van der Waals surface area contributed by atoms with Gasteiger partial charge in [-0.05, 0) is 219 Å². The number of aromatic carboxylic acids is 1. The first-order valence-electron chi connectivity index (χ1n) is 42.0. The number of ether oxygens (including phenoxy) is 2. The summed E-state index contributed by atoms with van der Waals surface area (Å²) >= 11 is 13.6. The van der Waals surface area contributed by atoms with E-state index in [4.69, 9.17) is 41.5 Å². The molecule has 0 bridgehead atoms. The van der Waals surface area contributed by atoms with Crippen molar-refractivity contribution in [2.24, 2.45) is 57.7 Å². The molecule has 24 heteroatoms. The number of Topliss-reactive ketones (excluding diaryl/α,β-unsaturated/α-hetero) is 2. The van der Waals surface area contributed by atoms with Crippen LogP contribution in [0.3, 0.4) is 0 Å². The number of aliphatic hydroxyl groups is 4. The van der Waals surface area contributed by atoms with Gasteiger partial charge in [-0.1, -0.05) is 180 Å². The van der Waals surface area contributed by atoms with Crippen LogP contribution < -0.4 is 10.4 Å². The zero-order chi connectivity index (χ0) is 86.0. The Bertz CT molecular complexity index is 5570. The summed E-state index contributed by atoms with van der Waals surface area (Å²) in [6.45, 7) is 18.9. The Balaban J connectivity index is 0.000000133. The monoisotopic (exact) mass is 1680 g/mol. The highest BCUT2D eigenvalue weighted by molar-refractivity contribution is 6.29. The van der Waals surface area contributed by atoms with E-state index in [1.807, 2.05) is 117 Å². The number of nitrogens with one attached hydrogen (secondary N) is 1. The molecule has 7 N–H and O–H groups in total.